The van der Waals surface area contributed by atoms with Gasteiger partial charge in [0.25, 0.3) is 0 Å². The maximum Gasteiger partial charge on any atom is 0.0671 e. The molecule has 0 saturated carbocycles. The lowest BCUT2D eigenvalue weighted by molar-refractivity contribution is -0.138. The third kappa shape index (κ3) is 1.37. The summed E-state index contributed by atoms with van der Waals surface area (Å²) in [7, 11) is 2.19. The maximum absolute atomic E-state index is 5.26. The average Bonchev–Trinajstić information content (AvgIpc) is 2.02. The second kappa shape index (κ2) is 2.98. The zero-order chi connectivity index (χ0) is 8.60. The van der Waals surface area contributed by atoms with Crippen LogP contribution in [0.15, 0.2) is 0 Å². The molecule has 2 aliphatic rings. The van der Waals surface area contributed by atoms with Crippen molar-refractivity contribution >= 4 is 0 Å². The molecule has 0 aliphatic carbocycles. The van der Waals surface area contributed by atoms with Crippen molar-refractivity contribution in [1.29, 1.82) is 0 Å². The first-order valence-corrected chi connectivity index (χ1v) is 4.72. The van der Waals surface area contributed by atoms with Crippen molar-refractivity contribution < 1.29 is 4.74 Å². The average molecular weight is 170 g/mol. The predicted molar refractivity (Wildman–Crippen MR) is 48.3 cm³/mol. The minimum atomic E-state index is 0.362. The van der Waals surface area contributed by atoms with E-state index < -0.39 is 0 Å². The highest BCUT2D eigenvalue weighted by Crippen LogP contribution is 2.25. The maximum atomic E-state index is 5.26. The SMILES string of the molecule is CN1CCN(C2(C)COC2)CC1. The Kier molecular flexibility index (Phi) is 2.10. The third-order valence-electron chi connectivity index (χ3n) is 3.09. The Labute approximate surface area is 74.3 Å². The number of rotatable bonds is 1. The van der Waals surface area contributed by atoms with Crippen LogP contribution in [0.2, 0.25) is 0 Å². The molecular formula is C9H18N2O. The first-order valence-electron chi connectivity index (χ1n) is 4.72. The molecule has 0 bridgehead atoms. The predicted octanol–water partition coefficient (Wildman–Crippen LogP) is 0.0227. The Morgan fingerprint density at radius 1 is 1.08 bits per heavy atom. The van der Waals surface area contributed by atoms with Gasteiger partial charge in [0.05, 0.1) is 18.8 Å². The van der Waals surface area contributed by atoms with E-state index in [0.717, 1.165) is 13.2 Å². The van der Waals surface area contributed by atoms with Crippen LogP contribution in [0.5, 0.6) is 0 Å². The second-order valence-electron chi connectivity index (χ2n) is 4.28. The fraction of sp³-hybridized carbons (Fsp3) is 1.00. The molecule has 0 spiro atoms. The summed E-state index contributed by atoms with van der Waals surface area (Å²) < 4.78 is 5.26. The van der Waals surface area contributed by atoms with Gasteiger partial charge in [0.15, 0.2) is 0 Å². The number of piperazine rings is 1. The Morgan fingerprint density at radius 3 is 2.08 bits per heavy atom. The van der Waals surface area contributed by atoms with Gasteiger partial charge in [-0.3, -0.25) is 4.90 Å². The molecule has 0 aromatic heterocycles. The molecule has 0 aromatic carbocycles. The smallest absolute Gasteiger partial charge is 0.0671 e. The molecular weight excluding hydrogens is 152 g/mol. The summed E-state index contributed by atoms with van der Waals surface area (Å²) >= 11 is 0. The molecule has 2 rings (SSSR count). The molecule has 0 unspecified atom stereocenters. The molecule has 70 valence electrons. The summed E-state index contributed by atoms with van der Waals surface area (Å²) in [4.78, 5) is 4.95. The summed E-state index contributed by atoms with van der Waals surface area (Å²) in [6, 6.07) is 0. The van der Waals surface area contributed by atoms with E-state index in [-0.39, 0.29) is 0 Å². The van der Waals surface area contributed by atoms with Crippen LogP contribution in [0.4, 0.5) is 0 Å². The Morgan fingerprint density at radius 2 is 1.67 bits per heavy atom. The molecule has 3 heteroatoms. The Balaban J connectivity index is 1.88. The normalized spacial score (nSPS) is 31.5. The number of hydrogen-bond acceptors (Lipinski definition) is 3. The summed E-state index contributed by atoms with van der Waals surface area (Å²) in [6.45, 7) is 8.98. The van der Waals surface area contributed by atoms with Crippen LogP contribution in [0.25, 0.3) is 0 Å². The molecule has 0 radical (unpaired) electrons. The quantitative estimate of drug-likeness (QED) is 0.552. The fourth-order valence-electron chi connectivity index (χ4n) is 1.93. The summed E-state index contributed by atoms with van der Waals surface area (Å²) in [6.07, 6.45) is 0. The topological polar surface area (TPSA) is 15.7 Å². The van der Waals surface area contributed by atoms with E-state index in [2.05, 4.69) is 23.8 Å². The van der Waals surface area contributed by atoms with Crippen molar-refractivity contribution in [2.45, 2.75) is 12.5 Å². The van der Waals surface area contributed by atoms with Crippen molar-refractivity contribution in [1.82, 2.24) is 9.80 Å². The zero-order valence-corrected chi connectivity index (χ0v) is 8.05. The first-order chi connectivity index (χ1) is 5.71. The van der Waals surface area contributed by atoms with Crippen LogP contribution in [0, 0.1) is 0 Å². The van der Waals surface area contributed by atoms with Crippen molar-refractivity contribution in [2.24, 2.45) is 0 Å². The van der Waals surface area contributed by atoms with Gasteiger partial charge in [-0.2, -0.15) is 0 Å². The molecule has 0 atom stereocenters. The van der Waals surface area contributed by atoms with E-state index in [4.69, 9.17) is 4.74 Å². The van der Waals surface area contributed by atoms with Crippen LogP contribution in [0.1, 0.15) is 6.92 Å². The number of nitrogens with zero attached hydrogens (tertiary/aromatic N) is 2. The minimum absolute atomic E-state index is 0.362. The zero-order valence-electron chi connectivity index (χ0n) is 8.05. The highest BCUT2D eigenvalue weighted by atomic mass is 16.5. The van der Waals surface area contributed by atoms with Crippen LogP contribution in [0.3, 0.4) is 0 Å². The molecule has 0 amide bonds. The second-order valence-corrected chi connectivity index (χ2v) is 4.28. The first kappa shape index (κ1) is 8.48. The highest BCUT2D eigenvalue weighted by Gasteiger charge is 2.40. The molecule has 0 N–H and O–H groups in total. The summed E-state index contributed by atoms with van der Waals surface area (Å²) in [5.74, 6) is 0. The van der Waals surface area contributed by atoms with Gasteiger partial charge in [0.2, 0.25) is 0 Å². The van der Waals surface area contributed by atoms with Gasteiger partial charge in [0, 0.05) is 26.2 Å². The van der Waals surface area contributed by atoms with Crippen molar-refractivity contribution in [3.05, 3.63) is 0 Å². The van der Waals surface area contributed by atoms with Crippen molar-refractivity contribution in [3.63, 3.8) is 0 Å². The largest absolute Gasteiger partial charge is 0.377 e. The van der Waals surface area contributed by atoms with Gasteiger partial charge < -0.3 is 9.64 Å². The van der Waals surface area contributed by atoms with E-state index in [1.165, 1.54) is 26.2 Å². The molecule has 2 saturated heterocycles. The molecule has 0 aromatic rings. The van der Waals surface area contributed by atoms with E-state index in [1.807, 2.05) is 0 Å². The molecule has 2 fully saturated rings. The number of likely N-dealkylation sites (N-methyl/N-ethyl adjacent to an activating group) is 1. The van der Waals surface area contributed by atoms with Gasteiger partial charge in [-0.15, -0.1) is 0 Å². The van der Waals surface area contributed by atoms with Gasteiger partial charge in [-0.05, 0) is 14.0 Å². The fourth-order valence-corrected chi connectivity index (χ4v) is 1.93. The lowest BCUT2D eigenvalue weighted by Crippen LogP contribution is -2.64. The standard InChI is InChI=1S/C9H18N2O/c1-9(7-12-8-9)11-5-3-10(2)4-6-11/h3-8H2,1-2H3. The lowest BCUT2D eigenvalue weighted by Gasteiger charge is -2.50. The highest BCUT2D eigenvalue weighted by molar-refractivity contribution is 4.94. The van der Waals surface area contributed by atoms with Crippen LogP contribution in [-0.4, -0.2) is 61.8 Å². The van der Waals surface area contributed by atoms with Crippen molar-refractivity contribution in [3.8, 4) is 0 Å². The van der Waals surface area contributed by atoms with Crippen LogP contribution in [-0.2, 0) is 4.74 Å². The van der Waals surface area contributed by atoms with Crippen LogP contribution >= 0.6 is 0 Å². The molecule has 12 heavy (non-hydrogen) atoms. The van der Waals surface area contributed by atoms with Crippen molar-refractivity contribution in [2.75, 3.05) is 46.4 Å². The van der Waals surface area contributed by atoms with Gasteiger partial charge in [0.1, 0.15) is 0 Å². The molecule has 3 nitrogen and oxygen atoms in total. The Hall–Kier alpha value is -0.120. The Bertz CT molecular complexity index is 160. The molecule has 2 aliphatic heterocycles. The van der Waals surface area contributed by atoms with Gasteiger partial charge in [-0.25, -0.2) is 0 Å². The van der Waals surface area contributed by atoms with E-state index in [0.29, 0.717) is 5.54 Å². The third-order valence-corrected chi connectivity index (χ3v) is 3.09. The van der Waals surface area contributed by atoms with Crippen LogP contribution < -0.4 is 0 Å². The monoisotopic (exact) mass is 170 g/mol. The van der Waals surface area contributed by atoms with Gasteiger partial charge in [-0.1, -0.05) is 0 Å². The van der Waals surface area contributed by atoms with E-state index in [1.54, 1.807) is 0 Å². The summed E-state index contributed by atoms with van der Waals surface area (Å²) in [5, 5.41) is 0. The lowest BCUT2D eigenvalue weighted by atomic mass is 9.97. The van der Waals surface area contributed by atoms with E-state index >= 15 is 0 Å². The number of ether oxygens (including phenoxy) is 1. The summed E-state index contributed by atoms with van der Waals surface area (Å²) in [5.41, 5.74) is 0.362. The molecule has 2 heterocycles. The number of hydrogen-bond donors (Lipinski definition) is 0. The van der Waals surface area contributed by atoms with E-state index in [9.17, 15) is 0 Å². The van der Waals surface area contributed by atoms with Gasteiger partial charge >= 0.3 is 0 Å². The minimum Gasteiger partial charge on any atom is -0.377 e.